The number of halogens is 3. The van der Waals surface area contributed by atoms with Crippen LogP contribution in [-0.4, -0.2) is 84.1 Å². The van der Waals surface area contributed by atoms with Crippen molar-refractivity contribution in [2.24, 2.45) is 0 Å². The van der Waals surface area contributed by atoms with E-state index < -0.39 is 17.5 Å². The third-order valence-corrected chi connectivity index (χ3v) is 7.65. The molecule has 0 aliphatic carbocycles. The van der Waals surface area contributed by atoms with Crippen molar-refractivity contribution in [3.05, 3.63) is 65.6 Å². The summed E-state index contributed by atoms with van der Waals surface area (Å²) in [5.74, 6) is -2.53. The van der Waals surface area contributed by atoms with Gasteiger partial charge in [-0.1, -0.05) is 24.3 Å². The number of hydrogen-bond donors (Lipinski definition) is 0. The molecule has 0 saturated carbocycles. The molecule has 2 aliphatic rings. The molecule has 11 heteroatoms. The topological polar surface area (TPSA) is 74.7 Å². The van der Waals surface area contributed by atoms with Gasteiger partial charge in [0, 0.05) is 62.5 Å². The number of anilines is 1. The first-order valence-corrected chi connectivity index (χ1v) is 12.9. The number of rotatable bonds is 5. The molecule has 206 valence electrons. The number of aromatic nitrogens is 3. The van der Waals surface area contributed by atoms with Gasteiger partial charge in [0.05, 0.1) is 12.5 Å². The van der Waals surface area contributed by atoms with Crippen LogP contribution in [0.5, 0.6) is 6.01 Å². The van der Waals surface area contributed by atoms with E-state index in [1.54, 1.807) is 23.1 Å². The second-order valence-corrected chi connectivity index (χ2v) is 10.3. The first-order chi connectivity index (χ1) is 19.2. The smallest absolute Gasteiger partial charge is 0.318 e. The zero-order chi connectivity index (χ0) is 28.1. The summed E-state index contributed by atoms with van der Waals surface area (Å²) >= 11 is 0. The molecule has 1 atom stereocenters. The van der Waals surface area contributed by atoms with Gasteiger partial charge in [-0.15, -0.1) is 0 Å². The number of amides is 1. The van der Waals surface area contributed by atoms with E-state index in [0.29, 0.717) is 36.1 Å². The molecular formula is C29H27F3N6O2. The van der Waals surface area contributed by atoms with Crippen LogP contribution in [0.25, 0.3) is 32.9 Å². The lowest BCUT2D eigenvalue weighted by molar-refractivity contribution is -0.125. The van der Waals surface area contributed by atoms with Gasteiger partial charge in [-0.2, -0.15) is 9.97 Å². The van der Waals surface area contributed by atoms with Crippen molar-refractivity contribution >= 4 is 33.4 Å². The van der Waals surface area contributed by atoms with Crippen LogP contribution in [-0.2, 0) is 4.79 Å². The van der Waals surface area contributed by atoms with Crippen LogP contribution in [0.4, 0.5) is 19.0 Å². The number of fused-ring (bicyclic) bond motifs is 2. The summed E-state index contributed by atoms with van der Waals surface area (Å²) in [4.78, 5) is 31.7. The van der Waals surface area contributed by atoms with E-state index in [-0.39, 0.29) is 40.1 Å². The van der Waals surface area contributed by atoms with E-state index in [4.69, 9.17) is 4.74 Å². The highest BCUT2D eigenvalue weighted by atomic mass is 19.2. The lowest BCUT2D eigenvalue weighted by Gasteiger charge is -2.30. The molecule has 2 saturated heterocycles. The maximum Gasteiger partial charge on any atom is 0.318 e. The minimum atomic E-state index is -1.07. The van der Waals surface area contributed by atoms with Gasteiger partial charge in [-0.25, -0.2) is 13.2 Å². The van der Waals surface area contributed by atoms with Crippen molar-refractivity contribution in [3.63, 3.8) is 0 Å². The third kappa shape index (κ3) is 4.40. The van der Waals surface area contributed by atoms with Crippen molar-refractivity contribution in [3.8, 4) is 17.3 Å². The van der Waals surface area contributed by atoms with Crippen molar-refractivity contribution in [1.82, 2.24) is 24.8 Å². The van der Waals surface area contributed by atoms with Crippen LogP contribution in [0.2, 0.25) is 0 Å². The van der Waals surface area contributed by atoms with Crippen LogP contribution < -0.4 is 9.64 Å². The minimum Gasteiger partial charge on any atom is -0.467 e. The number of methoxy groups -OCH3 is 1. The molecular weight excluding hydrogens is 521 g/mol. The van der Waals surface area contributed by atoms with Crippen LogP contribution >= 0.6 is 0 Å². The lowest BCUT2D eigenvalue weighted by atomic mass is 10.00. The summed E-state index contributed by atoms with van der Waals surface area (Å²) in [7, 11) is 5.22. The van der Waals surface area contributed by atoms with Crippen LogP contribution in [0.3, 0.4) is 0 Å². The number of ether oxygens (including phenoxy) is 1. The van der Waals surface area contributed by atoms with Gasteiger partial charge in [0.25, 0.3) is 0 Å². The molecule has 0 radical (unpaired) electrons. The summed E-state index contributed by atoms with van der Waals surface area (Å²) in [5, 5.41) is 0.686. The zero-order valence-electron chi connectivity index (χ0n) is 22.3. The Balaban J connectivity index is 1.37. The molecule has 2 aromatic carbocycles. The van der Waals surface area contributed by atoms with Gasteiger partial charge in [0.1, 0.15) is 17.0 Å². The van der Waals surface area contributed by atoms with Crippen molar-refractivity contribution in [2.45, 2.75) is 12.5 Å². The number of carbonyl (C=O) groups is 1. The van der Waals surface area contributed by atoms with E-state index in [1.807, 2.05) is 19.0 Å². The fourth-order valence-corrected chi connectivity index (χ4v) is 5.51. The Morgan fingerprint density at radius 2 is 1.93 bits per heavy atom. The number of pyridine rings is 1. The largest absolute Gasteiger partial charge is 0.467 e. The second-order valence-electron chi connectivity index (χ2n) is 10.3. The molecule has 1 amide bonds. The number of nitrogens with zero attached hydrogens (tertiary/aromatic N) is 6. The van der Waals surface area contributed by atoms with Gasteiger partial charge in [-0.3, -0.25) is 14.7 Å². The van der Waals surface area contributed by atoms with Gasteiger partial charge in [0.15, 0.2) is 17.5 Å². The zero-order valence-corrected chi connectivity index (χ0v) is 22.3. The van der Waals surface area contributed by atoms with Gasteiger partial charge < -0.3 is 14.5 Å². The highest BCUT2D eigenvalue weighted by Gasteiger charge is 2.31. The van der Waals surface area contributed by atoms with Gasteiger partial charge >= 0.3 is 6.01 Å². The van der Waals surface area contributed by atoms with Gasteiger partial charge in [0.2, 0.25) is 5.91 Å². The first-order valence-electron chi connectivity index (χ1n) is 12.9. The van der Waals surface area contributed by atoms with Crippen molar-refractivity contribution in [2.75, 3.05) is 52.3 Å². The summed E-state index contributed by atoms with van der Waals surface area (Å²) in [6.07, 6.45) is 3.85. The summed E-state index contributed by atoms with van der Waals surface area (Å²) in [5.41, 5.74) is 1.00. The average Bonchev–Trinajstić information content (AvgIpc) is 3.44. The van der Waals surface area contributed by atoms with Crippen molar-refractivity contribution in [1.29, 1.82) is 0 Å². The Kier molecular flexibility index (Phi) is 6.53. The normalized spacial score (nSPS) is 17.4. The number of likely N-dealkylation sites (N-methyl/N-ethyl adjacent to an activating group) is 2. The predicted molar refractivity (Wildman–Crippen MR) is 146 cm³/mol. The Morgan fingerprint density at radius 3 is 2.67 bits per heavy atom. The van der Waals surface area contributed by atoms with Gasteiger partial charge in [-0.05, 0) is 30.5 Å². The number of carbonyl (C=O) groups excluding carboxylic acids is 1. The number of likely N-dealkylation sites (tertiary alicyclic amines) is 2. The average molecular weight is 549 g/mol. The second kappa shape index (κ2) is 10.1. The van der Waals surface area contributed by atoms with Crippen LogP contribution in [0.15, 0.2) is 48.2 Å². The molecule has 0 unspecified atom stereocenters. The quantitative estimate of drug-likeness (QED) is 0.347. The standard InChI is InChI=1S/C29H27F3N6O2/c1-36-13-16(14-36)11-22(39)38-10-9-18(15-38)37(2)28-20-12-33-26(25(32)27(20)34-29(35-28)40-3)19-6-4-5-17-7-8-21(30)24(31)23(17)19/h4-8,11-12,18H,9-10,13-15H2,1-3H3/t18-/m1/s1. The summed E-state index contributed by atoms with van der Waals surface area (Å²) < 4.78 is 50.3. The first kappa shape index (κ1) is 26.0. The molecule has 40 heavy (non-hydrogen) atoms. The maximum atomic E-state index is 16.1. The van der Waals surface area contributed by atoms with Crippen molar-refractivity contribution < 1.29 is 22.7 Å². The van der Waals surface area contributed by atoms with E-state index >= 15 is 4.39 Å². The fraction of sp³-hybridized carbons (Fsp3) is 0.310. The molecule has 0 spiro atoms. The van der Waals surface area contributed by atoms with E-state index in [2.05, 4.69) is 19.9 Å². The highest BCUT2D eigenvalue weighted by Crippen LogP contribution is 2.36. The summed E-state index contributed by atoms with van der Waals surface area (Å²) in [6.45, 7) is 2.68. The molecule has 0 N–H and O–H groups in total. The molecule has 6 rings (SSSR count). The summed E-state index contributed by atoms with van der Waals surface area (Å²) in [6, 6.07) is 7.09. The molecule has 2 aromatic heterocycles. The van der Waals surface area contributed by atoms with Crippen LogP contribution in [0.1, 0.15) is 6.42 Å². The Bertz CT molecular complexity index is 1690. The maximum absolute atomic E-state index is 16.1. The molecule has 4 heterocycles. The monoisotopic (exact) mass is 548 g/mol. The Hall–Kier alpha value is -4.25. The van der Waals surface area contributed by atoms with E-state index in [1.165, 1.54) is 25.4 Å². The van der Waals surface area contributed by atoms with Crippen LogP contribution in [0, 0.1) is 17.5 Å². The molecule has 0 bridgehead atoms. The third-order valence-electron chi connectivity index (χ3n) is 7.65. The fourth-order valence-electron chi connectivity index (χ4n) is 5.51. The molecule has 2 fully saturated rings. The predicted octanol–water partition coefficient (Wildman–Crippen LogP) is 4.18. The number of benzene rings is 2. The number of hydrogen-bond acceptors (Lipinski definition) is 7. The molecule has 2 aliphatic heterocycles. The SMILES string of the molecule is COc1nc(N(C)[C@@H]2CCN(C(=O)C=C3CN(C)C3)C2)c2cnc(-c3cccc4ccc(F)c(F)c34)c(F)c2n1. The Morgan fingerprint density at radius 1 is 1.12 bits per heavy atom. The lowest BCUT2D eigenvalue weighted by Crippen LogP contribution is -2.39. The van der Waals surface area contributed by atoms with E-state index in [0.717, 1.165) is 24.7 Å². The molecule has 8 nitrogen and oxygen atoms in total. The molecule has 4 aromatic rings. The Labute approximate surface area is 228 Å². The minimum absolute atomic E-state index is 0.0137. The highest BCUT2D eigenvalue weighted by molar-refractivity contribution is 5.99. The van der Waals surface area contributed by atoms with E-state index in [9.17, 15) is 13.6 Å².